The van der Waals surface area contributed by atoms with Gasteiger partial charge in [-0.1, -0.05) is 11.6 Å². The summed E-state index contributed by atoms with van der Waals surface area (Å²) in [5.41, 5.74) is 1.17. The average molecular weight is 318 g/mol. The second kappa shape index (κ2) is 7.01. The smallest absolute Gasteiger partial charge is 0.162 e. The first-order valence-corrected chi connectivity index (χ1v) is 7.08. The zero-order chi connectivity index (χ0) is 16.1. The van der Waals surface area contributed by atoms with Crippen molar-refractivity contribution < 1.29 is 9.47 Å². The third-order valence-corrected chi connectivity index (χ3v) is 3.05. The zero-order valence-corrected chi connectivity index (χ0v) is 13.3. The third-order valence-electron chi connectivity index (χ3n) is 2.76. The molecule has 0 unspecified atom stereocenters. The highest BCUT2D eigenvalue weighted by molar-refractivity contribution is 6.33. The molecule has 0 aliphatic carbocycles. The molecule has 0 saturated heterocycles. The molecule has 0 aliphatic heterocycles. The van der Waals surface area contributed by atoms with Crippen LogP contribution in [0.5, 0.6) is 11.5 Å². The van der Waals surface area contributed by atoms with Gasteiger partial charge in [-0.2, -0.15) is 5.26 Å². The third kappa shape index (κ3) is 3.80. The van der Waals surface area contributed by atoms with Crippen LogP contribution in [0.3, 0.4) is 0 Å². The number of halogens is 1. The highest BCUT2D eigenvalue weighted by atomic mass is 35.5. The van der Waals surface area contributed by atoms with Gasteiger partial charge in [-0.3, -0.25) is 0 Å². The summed E-state index contributed by atoms with van der Waals surface area (Å²) in [5.74, 6) is 1.76. The van der Waals surface area contributed by atoms with Crippen molar-refractivity contribution in [2.75, 3.05) is 12.4 Å². The number of anilines is 2. The summed E-state index contributed by atoms with van der Waals surface area (Å²) in [4.78, 5) is 4.13. The molecule has 2 aromatic rings. The summed E-state index contributed by atoms with van der Waals surface area (Å²) >= 11 is 6.10. The summed E-state index contributed by atoms with van der Waals surface area (Å²) in [7, 11) is 1.58. The van der Waals surface area contributed by atoms with Crippen LogP contribution in [0.25, 0.3) is 0 Å². The summed E-state index contributed by atoms with van der Waals surface area (Å²) in [6, 6.07) is 9.01. The van der Waals surface area contributed by atoms with E-state index in [9.17, 15) is 0 Å². The Labute approximate surface area is 134 Å². The molecule has 0 spiro atoms. The summed E-state index contributed by atoms with van der Waals surface area (Å²) < 4.78 is 11.0. The fourth-order valence-electron chi connectivity index (χ4n) is 1.82. The van der Waals surface area contributed by atoms with Gasteiger partial charge in [-0.05, 0) is 32.0 Å². The SMILES string of the molecule is COc1cc(Nc2ncc(C#N)cc2Cl)ccc1OC(C)C. The summed E-state index contributed by atoms with van der Waals surface area (Å²) in [6.45, 7) is 3.90. The van der Waals surface area contributed by atoms with Gasteiger partial charge in [0.15, 0.2) is 11.5 Å². The van der Waals surface area contributed by atoms with Crippen LogP contribution >= 0.6 is 11.6 Å². The number of pyridine rings is 1. The second-order valence-electron chi connectivity index (χ2n) is 4.82. The molecule has 22 heavy (non-hydrogen) atoms. The Morgan fingerprint density at radius 2 is 2.05 bits per heavy atom. The van der Waals surface area contributed by atoms with Crippen molar-refractivity contribution in [1.82, 2.24) is 4.98 Å². The van der Waals surface area contributed by atoms with Crippen molar-refractivity contribution in [2.45, 2.75) is 20.0 Å². The van der Waals surface area contributed by atoms with Crippen molar-refractivity contribution in [1.29, 1.82) is 5.26 Å². The Hall–Kier alpha value is -2.45. The number of nitrogens with zero attached hydrogens (tertiary/aromatic N) is 2. The van der Waals surface area contributed by atoms with E-state index in [4.69, 9.17) is 26.3 Å². The Bertz CT molecular complexity index is 711. The Morgan fingerprint density at radius 1 is 1.27 bits per heavy atom. The Morgan fingerprint density at radius 3 is 2.64 bits per heavy atom. The molecule has 1 N–H and O–H groups in total. The maximum Gasteiger partial charge on any atom is 0.162 e. The van der Waals surface area contributed by atoms with Crippen LogP contribution in [0.15, 0.2) is 30.5 Å². The van der Waals surface area contributed by atoms with Gasteiger partial charge in [0.2, 0.25) is 0 Å². The monoisotopic (exact) mass is 317 g/mol. The van der Waals surface area contributed by atoms with Gasteiger partial charge in [0, 0.05) is 18.0 Å². The number of methoxy groups -OCH3 is 1. The standard InChI is InChI=1S/C16H16ClN3O2/c1-10(2)22-14-5-4-12(7-15(14)21-3)20-16-13(17)6-11(8-18)9-19-16/h4-7,9-10H,1-3H3,(H,19,20). The molecule has 6 heteroatoms. The number of hydrogen-bond donors (Lipinski definition) is 1. The molecule has 1 aromatic heterocycles. The lowest BCUT2D eigenvalue weighted by atomic mass is 10.2. The number of rotatable bonds is 5. The highest BCUT2D eigenvalue weighted by Gasteiger charge is 2.09. The highest BCUT2D eigenvalue weighted by Crippen LogP contribution is 2.33. The molecular weight excluding hydrogens is 302 g/mol. The molecule has 1 heterocycles. The molecular formula is C16H16ClN3O2. The number of ether oxygens (including phenoxy) is 2. The predicted molar refractivity (Wildman–Crippen MR) is 86.0 cm³/mol. The van der Waals surface area contributed by atoms with Crippen molar-refractivity contribution in [3.63, 3.8) is 0 Å². The van der Waals surface area contributed by atoms with E-state index in [2.05, 4.69) is 10.3 Å². The zero-order valence-electron chi connectivity index (χ0n) is 12.6. The normalized spacial score (nSPS) is 10.2. The largest absolute Gasteiger partial charge is 0.493 e. The van der Waals surface area contributed by atoms with Gasteiger partial charge in [-0.25, -0.2) is 4.98 Å². The number of nitriles is 1. The molecule has 2 rings (SSSR count). The number of benzene rings is 1. The first-order chi connectivity index (χ1) is 10.5. The van der Waals surface area contributed by atoms with Crippen molar-refractivity contribution >= 4 is 23.1 Å². The van der Waals surface area contributed by atoms with Gasteiger partial charge in [0.05, 0.1) is 23.8 Å². The maximum atomic E-state index is 8.81. The molecule has 1 aromatic carbocycles. The van der Waals surface area contributed by atoms with Crippen LogP contribution in [-0.4, -0.2) is 18.2 Å². The molecule has 0 amide bonds. The second-order valence-corrected chi connectivity index (χ2v) is 5.23. The maximum absolute atomic E-state index is 8.81. The van der Waals surface area contributed by atoms with Crippen LogP contribution in [0.1, 0.15) is 19.4 Å². The van der Waals surface area contributed by atoms with E-state index < -0.39 is 0 Å². The molecule has 0 atom stereocenters. The van der Waals surface area contributed by atoms with E-state index in [0.29, 0.717) is 27.9 Å². The molecule has 114 valence electrons. The molecule has 0 fully saturated rings. The van der Waals surface area contributed by atoms with Gasteiger partial charge in [-0.15, -0.1) is 0 Å². The van der Waals surface area contributed by atoms with E-state index in [1.807, 2.05) is 32.0 Å². The minimum Gasteiger partial charge on any atom is -0.493 e. The van der Waals surface area contributed by atoms with Crippen LogP contribution in [0, 0.1) is 11.3 Å². The minimum absolute atomic E-state index is 0.0577. The van der Waals surface area contributed by atoms with E-state index in [0.717, 1.165) is 5.69 Å². The van der Waals surface area contributed by atoms with Gasteiger partial charge >= 0.3 is 0 Å². The van der Waals surface area contributed by atoms with Crippen LogP contribution < -0.4 is 14.8 Å². The first-order valence-electron chi connectivity index (χ1n) is 6.71. The fourth-order valence-corrected chi connectivity index (χ4v) is 2.04. The number of hydrogen-bond acceptors (Lipinski definition) is 5. The van der Waals surface area contributed by atoms with Crippen molar-refractivity contribution in [3.8, 4) is 17.6 Å². The lowest BCUT2D eigenvalue weighted by molar-refractivity contribution is 0.230. The van der Waals surface area contributed by atoms with Crippen molar-refractivity contribution in [3.05, 3.63) is 41.0 Å². The Kier molecular flexibility index (Phi) is 5.08. The lowest BCUT2D eigenvalue weighted by Crippen LogP contribution is -2.07. The number of aromatic nitrogens is 1. The quantitative estimate of drug-likeness (QED) is 0.897. The van der Waals surface area contributed by atoms with Gasteiger partial charge in [0.1, 0.15) is 11.9 Å². The molecule has 0 radical (unpaired) electrons. The summed E-state index contributed by atoms with van der Waals surface area (Å²) in [6.07, 6.45) is 1.52. The van der Waals surface area contributed by atoms with E-state index in [1.165, 1.54) is 6.20 Å². The van der Waals surface area contributed by atoms with Crippen molar-refractivity contribution in [2.24, 2.45) is 0 Å². The fraction of sp³-hybridized carbons (Fsp3) is 0.250. The predicted octanol–water partition coefficient (Wildman–Crippen LogP) is 4.15. The van der Waals surface area contributed by atoms with Gasteiger partial charge in [0.25, 0.3) is 0 Å². The van der Waals surface area contributed by atoms with E-state index >= 15 is 0 Å². The average Bonchev–Trinajstić information content (AvgIpc) is 2.50. The van der Waals surface area contributed by atoms with E-state index in [1.54, 1.807) is 19.2 Å². The molecule has 0 aliphatic rings. The Balaban J connectivity index is 2.25. The van der Waals surface area contributed by atoms with Crippen LogP contribution in [0.2, 0.25) is 5.02 Å². The summed E-state index contributed by atoms with van der Waals surface area (Å²) in [5, 5.41) is 12.3. The van der Waals surface area contributed by atoms with E-state index in [-0.39, 0.29) is 6.10 Å². The topological polar surface area (TPSA) is 67.2 Å². The number of nitrogens with one attached hydrogen (secondary N) is 1. The van der Waals surface area contributed by atoms with Crippen LogP contribution in [0.4, 0.5) is 11.5 Å². The van der Waals surface area contributed by atoms with Crippen LogP contribution in [-0.2, 0) is 0 Å². The molecule has 0 saturated carbocycles. The molecule has 0 bridgehead atoms. The molecule has 5 nitrogen and oxygen atoms in total. The van der Waals surface area contributed by atoms with Gasteiger partial charge < -0.3 is 14.8 Å². The first kappa shape index (κ1) is 15.9. The lowest BCUT2D eigenvalue weighted by Gasteiger charge is -2.15. The minimum atomic E-state index is 0.0577.